The van der Waals surface area contributed by atoms with Crippen molar-refractivity contribution in [2.75, 3.05) is 58.5 Å². The summed E-state index contributed by atoms with van der Waals surface area (Å²) < 4.78 is 22.8. The average molecular weight is 470 g/mol. The lowest BCUT2D eigenvalue weighted by atomic mass is 9.78. The molecular weight excluding hydrogens is 434 g/mol. The lowest BCUT2D eigenvalue weighted by molar-refractivity contribution is -0.125. The van der Waals surface area contributed by atoms with Crippen molar-refractivity contribution in [3.63, 3.8) is 0 Å². The van der Waals surface area contributed by atoms with Crippen molar-refractivity contribution in [3.8, 4) is 11.5 Å². The van der Waals surface area contributed by atoms with Gasteiger partial charge in [-0.1, -0.05) is 18.2 Å². The number of hydrogen-bond donors (Lipinski definition) is 2. The molecule has 4 rings (SSSR count). The number of hydrogen-bond acceptors (Lipinski definition) is 7. The molecule has 184 valence electrons. The van der Waals surface area contributed by atoms with Crippen LogP contribution < -0.4 is 25.4 Å². The fraction of sp³-hybridized carbons (Fsp3) is 0.500. The molecule has 0 saturated carbocycles. The molecule has 0 radical (unpaired) electrons. The molecule has 0 unspecified atom stereocenters. The predicted molar refractivity (Wildman–Crippen MR) is 131 cm³/mol. The van der Waals surface area contributed by atoms with Gasteiger partial charge in [-0.25, -0.2) is 0 Å². The van der Waals surface area contributed by atoms with Crippen molar-refractivity contribution < 1.29 is 23.7 Å². The van der Waals surface area contributed by atoms with E-state index in [2.05, 4.69) is 16.3 Å². The molecule has 3 N–H and O–H groups in total. The van der Waals surface area contributed by atoms with Crippen LogP contribution in [0.3, 0.4) is 0 Å². The van der Waals surface area contributed by atoms with E-state index in [1.807, 2.05) is 36.4 Å². The van der Waals surface area contributed by atoms with E-state index in [0.29, 0.717) is 26.3 Å². The summed E-state index contributed by atoms with van der Waals surface area (Å²) in [5, 5.41) is 3.32. The lowest BCUT2D eigenvalue weighted by Gasteiger charge is -2.37. The standard InChI is InChI=1S/C26H35N3O5/c1-31-12-3-10-29-11-13-33-23-9-4-18(14-22(23)29)17-34-24-16-28-15-21(26(27)30)25(24)19-5-7-20(32-2)8-6-19/h4-9,14,21,24-25,28H,3,10-13,15-17H2,1-2H3,(H2,27,30)/t21-,24+,25+/m1/s1. The third-order valence-electron chi connectivity index (χ3n) is 6.63. The lowest BCUT2D eigenvalue weighted by Crippen LogP contribution is -2.51. The van der Waals surface area contributed by atoms with E-state index in [-0.39, 0.29) is 23.8 Å². The Morgan fingerprint density at radius 3 is 2.74 bits per heavy atom. The molecule has 2 aliphatic rings. The largest absolute Gasteiger partial charge is 0.497 e. The first-order valence-corrected chi connectivity index (χ1v) is 11.9. The molecular formula is C26H35N3O5. The molecule has 2 heterocycles. The Labute approximate surface area is 201 Å². The molecule has 2 aromatic carbocycles. The second-order valence-electron chi connectivity index (χ2n) is 8.80. The van der Waals surface area contributed by atoms with Gasteiger partial charge in [-0.3, -0.25) is 4.79 Å². The summed E-state index contributed by atoms with van der Waals surface area (Å²) >= 11 is 0. The van der Waals surface area contributed by atoms with Crippen molar-refractivity contribution in [2.45, 2.75) is 25.0 Å². The number of fused-ring (bicyclic) bond motifs is 1. The van der Waals surface area contributed by atoms with Crippen LogP contribution in [0.4, 0.5) is 5.69 Å². The van der Waals surface area contributed by atoms with Gasteiger partial charge in [-0.15, -0.1) is 0 Å². The molecule has 34 heavy (non-hydrogen) atoms. The van der Waals surface area contributed by atoms with E-state index in [0.717, 1.165) is 54.4 Å². The first-order chi connectivity index (χ1) is 16.6. The van der Waals surface area contributed by atoms with Gasteiger partial charge in [0, 0.05) is 39.3 Å². The summed E-state index contributed by atoms with van der Waals surface area (Å²) in [6, 6.07) is 14.0. The molecule has 0 spiro atoms. The SMILES string of the molecule is COCCCN1CCOc2ccc(CO[C@H]3CNC[C@@H](C(N)=O)[C@@H]3c3ccc(OC)cc3)cc21. The van der Waals surface area contributed by atoms with Crippen molar-refractivity contribution in [2.24, 2.45) is 11.7 Å². The van der Waals surface area contributed by atoms with Gasteiger partial charge < -0.3 is 34.9 Å². The van der Waals surface area contributed by atoms with Crippen molar-refractivity contribution in [1.29, 1.82) is 0 Å². The van der Waals surface area contributed by atoms with Crippen LogP contribution in [0.25, 0.3) is 0 Å². The minimum Gasteiger partial charge on any atom is -0.497 e. The monoisotopic (exact) mass is 469 g/mol. The average Bonchev–Trinajstić information content (AvgIpc) is 2.87. The Kier molecular flexibility index (Phi) is 8.26. The fourth-order valence-electron chi connectivity index (χ4n) is 4.85. The Balaban J connectivity index is 1.49. The van der Waals surface area contributed by atoms with Crippen molar-refractivity contribution in [3.05, 3.63) is 53.6 Å². The molecule has 1 amide bonds. The topological polar surface area (TPSA) is 95.3 Å². The number of nitrogens with one attached hydrogen (secondary N) is 1. The maximum absolute atomic E-state index is 12.3. The van der Waals surface area contributed by atoms with E-state index in [9.17, 15) is 4.79 Å². The Morgan fingerprint density at radius 1 is 1.18 bits per heavy atom. The minimum absolute atomic E-state index is 0.129. The number of primary amides is 1. The van der Waals surface area contributed by atoms with Gasteiger partial charge in [0.25, 0.3) is 0 Å². The van der Waals surface area contributed by atoms with Crippen LogP contribution in [0.15, 0.2) is 42.5 Å². The number of ether oxygens (including phenoxy) is 4. The first kappa shape index (κ1) is 24.3. The van der Waals surface area contributed by atoms with Gasteiger partial charge in [-0.2, -0.15) is 0 Å². The Hall–Kier alpha value is -2.81. The van der Waals surface area contributed by atoms with Crippen LogP contribution in [-0.4, -0.2) is 65.6 Å². The third-order valence-corrected chi connectivity index (χ3v) is 6.63. The van der Waals surface area contributed by atoms with Gasteiger partial charge >= 0.3 is 0 Å². The van der Waals surface area contributed by atoms with Crippen molar-refractivity contribution in [1.82, 2.24) is 5.32 Å². The van der Waals surface area contributed by atoms with E-state index in [1.54, 1.807) is 14.2 Å². The van der Waals surface area contributed by atoms with Crippen LogP contribution in [0.1, 0.15) is 23.5 Å². The van der Waals surface area contributed by atoms with Gasteiger partial charge in [-0.05, 0) is 41.8 Å². The van der Waals surface area contributed by atoms with E-state index in [1.165, 1.54) is 0 Å². The molecule has 8 nitrogen and oxygen atoms in total. The molecule has 0 aromatic heterocycles. The fourth-order valence-corrected chi connectivity index (χ4v) is 4.85. The number of benzene rings is 2. The van der Waals surface area contributed by atoms with Crippen LogP contribution in [0.2, 0.25) is 0 Å². The van der Waals surface area contributed by atoms with Crippen LogP contribution in [0, 0.1) is 5.92 Å². The summed E-state index contributed by atoms with van der Waals surface area (Å²) in [4.78, 5) is 14.6. The first-order valence-electron chi connectivity index (χ1n) is 11.9. The summed E-state index contributed by atoms with van der Waals surface area (Å²) in [5.41, 5.74) is 8.96. The highest BCUT2D eigenvalue weighted by Gasteiger charge is 2.38. The Bertz CT molecular complexity index is 952. The third kappa shape index (κ3) is 5.63. The van der Waals surface area contributed by atoms with Gasteiger partial charge in [0.2, 0.25) is 5.91 Å². The normalized spacial score (nSPS) is 22.1. The summed E-state index contributed by atoms with van der Waals surface area (Å²) in [6.45, 7) is 4.81. The molecule has 3 atom stereocenters. The van der Waals surface area contributed by atoms with Gasteiger partial charge in [0.1, 0.15) is 18.1 Å². The summed E-state index contributed by atoms with van der Waals surface area (Å²) in [5.74, 6) is 0.879. The number of piperidine rings is 1. The Morgan fingerprint density at radius 2 is 2.00 bits per heavy atom. The molecule has 0 aliphatic carbocycles. The van der Waals surface area contributed by atoms with E-state index < -0.39 is 0 Å². The van der Waals surface area contributed by atoms with E-state index >= 15 is 0 Å². The molecule has 1 fully saturated rings. The summed E-state index contributed by atoms with van der Waals surface area (Å²) in [7, 11) is 3.37. The number of rotatable bonds is 10. The maximum Gasteiger partial charge on any atom is 0.222 e. The highest BCUT2D eigenvalue weighted by atomic mass is 16.5. The predicted octanol–water partition coefficient (Wildman–Crippen LogP) is 2.30. The maximum atomic E-state index is 12.3. The van der Waals surface area contributed by atoms with Crippen LogP contribution >= 0.6 is 0 Å². The number of nitrogens with two attached hydrogens (primary N) is 1. The molecule has 8 heteroatoms. The second-order valence-corrected chi connectivity index (χ2v) is 8.80. The quantitative estimate of drug-likeness (QED) is 0.516. The number of methoxy groups -OCH3 is 2. The molecule has 2 aliphatic heterocycles. The second kappa shape index (κ2) is 11.6. The molecule has 2 aromatic rings. The zero-order chi connectivity index (χ0) is 23.9. The number of nitrogens with zero attached hydrogens (tertiary/aromatic N) is 1. The smallest absolute Gasteiger partial charge is 0.222 e. The number of amides is 1. The molecule has 0 bridgehead atoms. The van der Waals surface area contributed by atoms with Crippen LogP contribution in [0.5, 0.6) is 11.5 Å². The van der Waals surface area contributed by atoms with Crippen molar-refractivity contribution >= 4 is 11.6 Å². The minimum atomic E-state index is -0.347. The molecule has 1 saturated heterocycles. The highest BCUT2D eigenvalue weighted by Crippen LogP contribution is 2.35. The van der Waals surface area contributed by atoms with Gasteiger partial charge in [0.05, 0.1) is 38.0 Å². The number of carbonyl (C=O) groups excluding carboxylic acids is 1. The van der Waals surface area contributed by atoms with Gasteiger partial charge in [0.15, 0.2) is 0 Å². The number of carbonyl (C=O) groups is 1. The zero-order valence-electron chi connectivity index (χ0n) is 20.0. The van der Waals surface area contributed by atoms with Crippen LogP contribution in [-0.2, 0) is 20.9 Å². The van der Waals surface area contributed by atoms with E-state index in [4.69, 9.17) is 24.7 Å². The number of anilines is 1. The summed E-state index contributed by atoms with van der Waals surface area (Å²) in [6.07, 6.45) is 0.771. The zero-order valence-corrected chi connectivity index (χ0v) is 20.0. The highest BCUT2D eigenvalue weighted by molar-refractivity contribution is 5.78.